The van der Waals surface area contributed by atoms with Gasteiger partial charge in [-0.2, -0.15) is 4.73 Å². The second-order valence-corrected chi connectivity index (χ2v) is 4.39. The Hall–Kier alpha value is -2.76. The Bertz CT molecular complexity index is 658. The van der Waals surface area contributed by atoms with Gasteiger partial charge < -0.3 is 20.0 Å². The Morgan fingerprint density at radius 3 is 2.64 bits per heavy atom. The minimum Gasteiger partial charge on any atom is -0.618 e. The summed E-state index contributed by atoms with van der Waals surface area (Å²) in [6.07, 6.45) is 1.27. The van der Waals surface area contributed by atoms with Crippen LogP contribution in [0.1, 0.15) is 24.3 Å². The van der Waals surface area contributed by atoms with E-state index in [1.165, 1.54) is 12.3 Å². The van der Waals surface area contributed by atoms with Crippen molar-refractivity contribution < 1.29 is 19.0 Å². The van der Waals surface area contributed by atoms with Crippen molar-refractivity contribution in [1.29, 1.82) is 0 Å². The fourth-order valence-electron chi connectivity index (χ4n) is 1.94. The predicted molar refractivity (Wildman–Crippen MR) is 82.1 cm³/mol. The molecule has 0 fully saturated rings. The highest BCUT2D eigenvalue weighted by Gasteiger charge is 2.17. The number of nitrogens with one attached hydrogen (secondary N) is 1. The highest BCUT2D eigenvalue weighted by molar-refractivity contribution is 6.02. The minimum atomic E-state index is -0.509. The molecule has 0 aliphatic heterocycles. The lowest BCUT2D eigenvalue weighted by molar-refractivity contribution is -0.607. The molecule has 1 amide bonds. The van der Waals surface area contributed by atoms with E-state index < -0.39 is 5.91 Å². The molecule has 2 aromatic rings. The predicted octanol–water partition coefficient (Wildman–Crippen LogP) is 2.37. The van der Waals surface area contributed by atoms with Crippen molar-refractivity contribution in [3.63, 3.8) is 0 Å². The molecule has 2 rings (SSSR count). The molecular formula is C16H18N2O4. The van der Waals surface area contributed by atoms with Gasteiger partial charge in [0.05, 0.1) is 18.9 Å². The zero-order chi connectivity index (χ0) is 15.9. The minimum absolute atomic E-state index is 0.00626. The van der Waals surface area contributed by atoms with E-state index in [0.29, 0.717) is 35.1 Å². The van der Waals surface area contributed by atoms with E-state index in [1.54, 1.807) is 30.3 Å². The van der Waals surface area contributed by atoms with E-state index in [1.807, 2.05) is 13.8 Å². The van der Waals surface area contributed by atoms with Crippen LogP contribution in [0.5, 0.6) is 11.5 Å². The number of pyridine rings is 1. The van der Waals surface area contributed by atoms with Crippen LogP contribution in [-0.2, 0) is 0 Å². The molecule has 0 unspecified atom stereocenters. The van der Waals surface area contributed by atoms with Crippen molar-refractivity contribution in [2.24, 2.45) is 0 Å². The molecule has 1 aromatic heterocycles. The van der Waals surface area contributed by atoms with Crippen LogP contribution in [0.2, 0.25) is 0 Å². The maximum atomic E-state index is 12.2. The number of carbonyl (C=O) groups excluding carboxylic acids is 1. The summed E-state index contributed by atoms with van der Waals surface area (Å²) in [5.41, 5.74) is 0.466. The number of ether oxygens (including phenoxy) is 2. The summed E-state index contributed by atoms with van der Waals surface area (Å²) in [4.78, 5) is 12.2. The number of carbonyl (C=O) groups is 1. The van der Waals surface area contributed by atoms with Gasteiger partial charge in [-0.15, -0.1) is 0 Å². The van der Waals surface area contributed by atoms with Crippen molar-refractivity contribution in [2.75, 3.05) is 18.5 Å². The van der Waals surface area contributed by atoms with E-state index in [-0.39, 0.29) is 5.69 Å². The number of aromatic nitrogens is 1. The average Bonchev–Trinajstić information content (AvgIpc) is 2.50. The molecule has 1 aromatic carbocycles. The van der Waals surface area contributed by atoms with Crippen LogP contribution in [0.15, 0.2) is 42.6 Å². The number of anilines is 1. The second-order valence-electron chi connectivity index (χ2n) is 4.39. The first-order valence-electron chi connectivity index (χ1n) is 7.05. The van der Waals surface area contributed by atoms with Crippen LogP contribution in [0, 0.1) is 5.21 Å². The molecule has 0 aliphatic carbocycles. The normalized spacial score (nSPS) is 10.1. The van der Waals surface area contributed by atoms with E-state index in [2.05, 4.69) is 5.32 Å². The summed E-state index contributed by atoms with van der Waals surface area (Å²) < 4.78 is 11.4. The van der Waals surface area contributed by atoms with Gasteiger partial charge in [-0.1, -0.05) is 0 Å². The summed E-state index contributed by atoms with van der Waals surface area (Å²) >= 11 is 0. The lowest BCUT2D eigenvalue weighted by Crippen LogP contribution is -2.36. The van der Waals surface area contributed by atoms with Crippen molar-refractivity contribution in [1.82, 2.24) is 0 Å². The van der Waals surface area contributed by atoms with Gasteiger partial charge in [0.1, 0.15) is 11.5 Å². The first-order chi connectivity index (χ1) is 10.7. The van der Waals surface area contributed by atoms with Gasteiger partial charge in [-0.25, -0.2) is 0 Å². The smallest absolute Gasteiger partial charge is 0.321 e. The number of amides is 1. The number of nitrogens with zero attached hydrogens (tertiary/aromatic N) is 1. The molecule has 6 nitrogen and oxygen atoms in total. The molecule has 0 aliphatic rings. The lowest BCUT2D eigenvalue weighted by Gasteiger charge is -2.13. The molecule has 0 atom stereocenters. The largest absolute Gasteiger partial charge is 0.618 e. The first kappa shape index (κ1) is 15.6. The van der Waals surface area contributed by atoms with Crippen LogP contribution in [0.25, 0.3) is 0 Å². The van der Waals surface area contributed by atoms with Crippen molar-refractivity contribution >= 4 is 11.6 Å². The van der Waals surface area contributed by atoms with Gasteiger partial charge in [0, 0.05) is 18.2 Å². The quantitative estimate of drug-likeness (QED) is 0.656. The highest BCUT2D eigenvalue weighted by atomic mass is 16.5. The molecule has 0 saturated heterocycles. The van der Waals surface area contributed by atoms with E-state index in [9.17, 15) is 10.0 Å². The molecule has 0 spiro atoms. The van der Waals surface area contributed by atoms with Crippen molar-refractivity contribution in [2.45, 2.75) is 13.8 Å². The zero-order valence-electron chi connectivity index (χ0n) is 12.5. The average molecular weight is 302 g/mol. The van der Waals surface area contributed by atoms with E-state index in [0.717, 1.165) is 0 Å². The summed E-state index contributed by atoms with van der Waals surface area (Å²) in [6, 6.07) is 9.80. The van der Waals surface area contributed by atoms with Gasteiger partial charge in [0.25, 0.3) is 5.69 Å². The highest BCUT2D eigenvalue weighted by Crippen LogP contribution is 2.29. The van der Waals surface area contributed by atoms with Gasteiger partial charge in [0.15, 0.2) is 6.20 Å². The third-order valence-corrected chi connectivity index (χ3v) is 2.87. The Kier molecular flexibility index (Phi) is 5.19. The van der Waals surface area contributed by atoms with Gasteiger partial charge in [-0.05, 0) is 32.0 Å². The number of rotatable bonds is 6. The SMILES string of the molecule is CCOc1ccc(OCC)c(NC(=O)c2cccc[n+]2[O-])c1. The summed E-state index contributed by atoms with van der Waals surface area (Å²) in [5.74, 6) is 0.627. The molecule has 116 valence electrons. The molecule has 0 bridgehead atoms. The summed E-state index contributed by atoms with van der Waals surface area (Å²) in [6.45, 7) is 4.70. The monoisotopic (exact) mass is 302 g/mol. The molecule has 6 heteroatoms. The Labute approximate surface area is 128 Å². The molecule has 1 heterocycles. The first-order valence-corrected chi connectivity index (χ1v) is 7.05. The van der Waals surface area contributed by atoms with Crippen LogP contribution in [0.4, 0.5) is 5.69 Å². The van der Waals surface area contributed by atoms with Crippen LogP contribution < -0.4 is 19.5 Å². The number of hydrogen-bond donors (Lipinski definition) is 1. The van der Waals surface area contributed by atoms with E-state index >= 15 is 0 Å². The zero-order valence-corrected chi connectivity index (χ0v) is 12.5. The summed E-state index contributed by atoms with van der Waals surface area (Å²) in [7, 11) is 0. The van der Waals surface area contributed by atoms with Gasteiger partial charge in [-0.3, -0.25) is 4.79 Å². The van der Waals surface area contributed by atoms with Crippen LogP contribution >= 0.6 is 0 Å². The summed E-state index contributed by atoms with van der Waals surface area (Å²) in [5, 5.41) is 14.3. The topological polar surface area (TPSA) is 74.5 Å². The molecule has 0 saturated carbocycles. The lowest BCUT2D eigenvalue weighted by atomic mass is 10.2. The van der Waals surface area contributed by atoms with Gasteiger partial charge in [0.2, 0.25) is 0 Å². The number of hydrogen-bond acceptors (Lipinski definition) is 4. The third kappa shape index (κ3) is 3.66. The Morgan fingerprint density at radius 2 is 1.95 bits per heavy atom. The Morgan fingerprint density at radius 1 is 1.18 bits per heavy atom. The third-order valence-electron chi connectivity index (χ3n) is 2.87. The van der Waals surface area contributed by atoms with Crippen LogP contribution in [-0.4, -0.2) is 19.1 Å². The van der Waals surface area contributed by atoms with E-state index in [4.69, 9.17) is 9.47 Å². The molecule has 22 heavy (non-hydrogen) atoms. The fourth-order valence-corrected chi connectivity index (χ4v) is 1.94. The molecule has 1 N–H and O–H groups in total. The standard InChI is InChI=1S/C16H18N2O4/c1-3-21-12-8-9-15(22-4-2)13(11-12)17-16(19)14-7-5-6-10-18(14)20/h5-11H,3-4H2,1-2H3,(H,17,19). The second kappa shape index (κ2) is 7.31. The van der Waals surface area contributed by atoms with Crippen molar-refractivity contribution in [3.8, 4) is 11.5 Å². The molecule has 0 radical (unpaired) electrons. The number of benzene rings is 1. The molecular weight excluding hydrogens is 284 g/mol. The van der Waals surface area contributed by atoms with Crippen LogP contribution in [0.3, 0.4) is 0 Å². The Balaban J connectivity index is 2.28. The fraction of sp³-hybridized carbons (Fsp3) is 0.250. The maximum absolute atomic E-state index is 12.2. The maximum Gasteiger partial charge on any atom is 0.321 e. The van der Waals surface area contributed by atoms with Gasteiger partial charge >= 0.3 is 5.91 Å². The van der Waals surface area contributed by atoms with Crippen molar-refractivity contribution in [3.05, 3.63) is 53.5 Å².